The summed E-state index contributed by atoms with van der Waals surface area (Å²) >= 11 is 0. The number of nitrogens with zero attached hydrogens (tertiary/aromatic N) is 1. The largest absolute Gasteiger partial charge is 0.449 e. The summed E-state index contributed by atoms with van der Waals surface area (Å²) < 4.78 is 16.4. The average Bonchev–Trinajstić information content (AvgIpc) is 3.05. The van der Waals surface area contributed by atoms with Crippen LogP contribution in [0.5, 0.6) is 0 Å². The van der Waals surface area contributed by atoms with Gasteiger partial charge in [-0.25, -0.2) is 4.79 Å². The number of methoxy groups -OCH3 is 1. The zero-order valence-corrected chi connectivity index (χ0v) is 20.5. The molecule has 0 fully saturated rings. The Morgan fingerprint density at radius 2 is 1.52 bits per heavy atom. The summed E-state index contributed by atoms with van der Waals surface area (Å²) in [4.78, 5) is 47.6. The number of imide groups is 1. The number of nitrogens with one attached hydrogen (secondary N) is 2. The lowest BCUT2D eigenvalue weighted by atomic mass is 10.0. The monoisotopic (exact) mass is 469 g/mol. The zero-order chi connectivity index (χ0) is 24.9. The van der Waals surface area contributed by atoms with Crippen molar-refractivity contribution < 1.29 is 33.4 Å². The number of alkyl carbamates (subject to hydrolysis) is 1. The second kappa shape index (κ2) is 13.9. The highest BCUT2D eigenvalue weighted by Gasteiger charge is 2.23. The normalized spacial score (nSPS) is 14.0. The number of carbonyl (C=O) groups excluding carboxylic acids is 4. The van der Waals surface area contributed by atoms with Crippen molar-refractivity contribution in [3.8, 4) is 0 Å². The first-order valence-electron chi connectivity index (χ1n) is 11.4. The molecule has 0 unspecified atom stereocenters. The molecular weight excluding hydrogens is 430 g/mol. The number of amides is 4. The molecule has 0 saturated carbocycles. The van der Waals surface area contributed by atoms with Crippen molar-refractivity contribution in [2.45, 2.75) is 71.0 Å². The highest BCUT2D eigenvalue weighted by Crippen LogP contribution is 2.18. The first-order chi connectivity index (χ1) is 15.5. The van der Waals surface area contributed by atoms with Gasteiger partial charge in [0.25, 0.3) is 11.8 Å². The fourth-order valence-electron chi connectivity index (χ4n) is 2.83. The second-order valence-corrected chi connectivity index (χ2v) is 9.10. The zero-order valence-electron chi connectivity index (χ0n) is 20.5. The molecule has 1 aliphatic rings. The summed E-state index contributed by atoms with van der Waals surface area (Å²) in [5, 5.41) is 5.39. The SMILES string of the molecule is COC(C)(C)CCOC(C)(C)CCOC(=O)NCCCNC(=O)CCCN1C(=O)C=CC1=O. The van der Waals surface area contributed by atoms with E-state index in [-0.39, 0.29) is 42.9 Å². The van der Waals surface area contributed by atoms with E-state index < -0.39 is 11.7 Å². The third-order valence-corrected chi connectivity index (χ3v) is 5.32. The van der Waals surface area contributed by atoms with Gasteiger partial charge in [-0.05, 0) is 47.0 Å². The molecule has 1 aliphatic heterocycles. The van der Waals surface area contributed by atoms with Crippen LogP contribution in [-0.4, -0.2) is 79.9 Å². The van der Waals surface area contributed by atoms with Crippen molar-refractivity contribution in [2.24, 2.45) is 0 Å². The van der Waals surface area contributed by atoms with Gasteiger partial charge in [-0.15, -0.1) is 0 Å². The Labute approximate surface area is 196 Å². The van der Waals surface area contributed by atoms with E-state index in [2.05, 4.69) is 10.6 Å². The number of hydrogen-bond donors (Lipinski definition) is 2. The van der Waals surface area contributed by atoms with E-state index in [0.717, 1.165) is 11.3 Å². The molecule has 0 aliphatic carbocycles. The smallest absolute Gasteiger partial charge is 0.407 e. The minimum atomic E-state index is -0.508. The Balaban J connectivity index is 2.03. The van der Waals surface area contributed by atoms with Crippen LogP contribution in [-0.2, 0) is 28.6 Å². The van der Waals surface area contributed by atoms with Crippen LogP contribution < -0.4 is 10.6 Å². The van der Waals surface area contributed by atoms with Gasteiger partial charge in [-0.1, -0.05) is 0 Å². The van der Waals surface area contributed by atoms with Gasteiger partial charge in [0, 0.05) is 51.7 Å². The maximum atomic E-state index is 11.8. The van der Waals surface area contributed by atoms with Crippen molar-refractivity contribution >= 4 is 23.8 Å². The molecule has 0 aromatic carbocycles. The lowest BCUT2D eigenvalue weighted by molar-refractivity contribution is -0.137. The van der Waals surface area contributed by atoms with Gasteiger partial charge in [0.05, 0.1) is 24.4 Å². The molecular formula is C23H39N3O7. The predicted molar refractivity (Wildman–Crippen MR) is 122 cm³/mol. The van der Waals surface area contributed by atoms with Crippen molar-refractivity contribution in [3.63, 3.8) is 0 Å². The van der Waals surface area contributed by atoms with E-state index in [4.69, 9.17) is 14.2 Å². The maximum absolute atomic E-state index is 11.8. The van der Waals surface area contributed by atoms with Gasteiger partial charge in [-0.3, -0.25) is 19.3 Å². The van der Waals surface area contributed by atoms with Gasteiger partial charge >= 0.3 is 6.09 Å². The summed E-state index contributed by atoms with van der Waals surface area (Å²) in [6.07, 6.45) is 4.44. The number of ether oxygens (including phenoxy) is 3. The lowest BCUT2D eigenvalue weighted by Crippen LogP contribution is -2.33. The Bertz CT molecular complexity index is 686. The molecule has 10 nitrogen and oxygen atoms in total. The molecule has 0 aromatic heterocycles. The van der Waals surface area contributed by atoms with Crippen LogP contribution in [0.3, 0.4) is 0 Å². The van der Waals surface area contributed by atoms with Gasteiger partial charge in [0.2, 0.25) is 5.91 Å². The molecule has 0 atom stereocenters. The van der Waals surface area contributed by atoms with Gasteiger partial charge < -0.3 is 24.8 Å². The topological polar surface area (TPSA) is 123 Å². The van der Waals surface area contributed by atoms with Crippen LogP contribution >= 0.6 is 0 Å². The maximum Gasteiger partial charge on any atom is 0.407 e. The van der Waals surface area contributed by atoms with E-state index in [1.165, 1.54) is 12.2 Å². The highest BCUT2D eigenvalue weighted by molar-refractivity contribution is 6.12. The Morgan fingerprint density at radius 3 is 2.15 bits per heavy atom. The van der Waals surface area contributed by atoms with E-state index in [1.807, 2.05) is 27.7 Å². The van der Waals surface area contributed by atoms with Crippen molar-refractivity contribution in [2.75, 3.05) is 40.0 Å². The summed E-state index contributed by atoms with van der Waals surface area (Å²) in [5.41, 5.74) is -0.654. The third-order valence-electron chi connectivity index (χ3n) is 5.32. The fraction of sp³-hybridized carbons (Fsp3) is 0.739. The van der Waals surface area contributed by atoms with E-state index in [1.54, 1.807) is 7.11 Å². The van der Waals surface area contributed by atoms with Crippen molar-refractivity contribution in [1.29, 1.82) is 0 Å². The van der Waals surface area contributed by atoms with Crippen LogP contribution in [0.2, 0.25) is 0 Å². The quantitative estimate of drug-likeness (QED) is 0.261. The van der Waals surface area contributed by atoms with Crippen LogP contribution in [0.1, 0.15) is 59.8 Å². The Kier molecular flexibility index (Phi) is 12.1. The van der Waals surface area contributed by atoms with Gasteiger partial charge in [0.1, 0.15) is 0 Å². The minimum Gasteiger partial charge on any atom is -0.449 e. The fourth-order valence-corrected chi connectivity index (χ4v) is 2.83. The van der Waals surface area contributed by atoms with Crippen LogP contribution in [0, 0.1) is 0 Å². The molecule has 0 bridgehead atoms. The minimum absolute atomic E-state index is 0.166. The average molecular weight is 470 g/mol. The predicted octanol–water partition coefficient (Wildman–Crippen LogP) is 1.92. The molecule has 10 heteroatoms. The lowest BCUT2D eigenvalue weighted by Gasteiger charge is -2.28. The summed E-state index contributed by atoms with van der Waals surface area (Å²) in [5.74, 6) is -0.859. The van der Waals surface area contributed by atoms with Crippen LogP contribution in [0.4, 0.5) is 4.79 Å². The van der Waals surface area contributed by atoms with Crippen molar-refractivity contribution in [1.82, 2.24) is 15.5 Å². The van der Waals surface area contributed by atoms with E-state index >= 15 is 0 Å². The molecule has 0 radical (unpaired) electrons. The first kappa shape index (κ1) is 28.6. The first-order valence-corrected chi connectivity index (χ1v) is 11.4. The van der Waals surface area contributed by atoms with Crippen molar-refractivity contribution in [3.05, 3.63) is 12.2 Å². The van der Waals surface area contributed by atoms with Gasteiger partial charge in [-0.2, -0.15) is 0 Å². The second-order valence-electron chi connectivity index (χ2n) is 9.10. The molecule has 1 rings (SSSR count). The summed E-state index contributed by atoms with van der Waals surface area (Å²) in [6, 6.07) is 0. The van der Waals surface area contributed by atoms with E-state index in [0.29, 0.717) is 39.0 Å². The summed E-state index contributed by atoms with van der Waals surface area (Å²) in [6.45, 7) is 9.69. The Hall–Kier alpha value is -2.46. The number of hydrogen-bond acceptors (Lipinski definition) is 7. The molecule has 0 saturated heterocycles. The van der Waals surface area contributed by atoms with Crippen LogP contribution in [0.25, 0.3) is 0 Å². The van der Waals surface area contributed by atoms with E-state index in [9.17, 15) is 19.2 Å². The molecule has 0 spiro atoms. The van der Waals surface area contributed by atoms with Crippen LogP contribution in [0.15, 0.2) is 12.2 Å². The molecule has 0 aromatic rings. The number of carbonyl (C=O) groups is 4. The number of rotatable bonds is 16. The molecule has 188 valence electrons. The summed E-state index contributed by atoms with van der Waals surface area (Å²) in [7, 11) is 1.67. The highest BCUT2D eigenvalue weighted by atomic mass is 16.6. The molecule has 1 heterocycles. The van der Waals surface area contributed by atoms with Gasteiger partial charge in [0.15, 0.2) is 0 Å². The standard InChI is InChI=1S/C23H39N3O7/c1-22(2,31-5)12-17-33-23(3,4)11-16-32-21(30)25-14-7-13-24-18(27)8-6-15-26-19(28)9-10-20(26)29/h9-10H,6-8,11-17H2,1-5H3,(H,24,27)(H,25,30). The molecule has 2 N–H and O–H groups in total. The molecule has 4 amide bonds. The third kappa shape index (κ3) is 12.4. The molecule has 33 heavy (non-hydrogen) atoms. The Morgan fingerprint density at radius 1 is 0.909 bits per heavy atom.